The average molecular weight is 411 g/mol. The number of oxime groups is 1. The van der Waals surface area contributed by atoms with Gasteiger partial charge in [-0.05, 0) is 31.9 Å². The zero-order valence-corrected chi connectivity index (χ0v) is 17.7. The van der Waals surface area contributed by atoms with Crippen LogP contribution in [0.25, 0.3) is 0 Å². The first-order valence-corrected chi connectivity index (χ1v) is 10.1. The van der Waals surface area contributed by atoms with E-state index in [4.69, 9.17) is 10.5 Å². The molecule has 0 unspecified atom stereocenters. The highest BCUT2D eigenvalue weighted by molar-refractivity contribution is 5.86. The highest BCUT2D eigenvalue weighted by atomic mass is 16.6. The molecule has 1 heterocycles. The minimum Gasteiger partial charge on any atom is -0.444 e. The largest absolute Gasteiger partial charge is 0.444 e. The number of hydrogen-bond donors (Lipinski definition) is 2. The predicted octanol–water partition coefficient (Wildman–Crippen LogP) is 3.44. The summed E-state index contributed by atoms with van der Waals surface area (Å²) in [4.78, 5) is 16.4. The molecule has 2 aromatic rings. The van der Waals surface area contributed by atoms with Gasteiger partial charge in [-0.3, -0.25) is 4.90 Å². The van der Waals surface area contributed by atoms with Gasteiger partial charge in [-0.2, -0.15) is 0 Å². The SMILES string of the molecule is CC(C)(C)OC(=O)N1CCN(C(c2ccccc2)c2ccccc2)[C@@H](/C(N)=N/O)C1. The van der Waals surface area contributed by atoms with Crippen LogP contribution in [0.15, 0.2) is 65.8 Å². The molecule has 2 aromatic carbocycles. The number of nitrogens with two attached hydrogens (primary N) is 1. The molecular weight excluding hydrogens is 380 g/mol. The van der Waals surface area contributed by atoms with E-state index in [9.17, 15) is 10.0 Å². The number of amides is 1. The molecule has 0 spiro atoms. The molecule has 0 aromatic heterocycles. The zero-order valence-electron chi connectivity index (χ0n) is 17.7. The lowest BCUT2D eigenvalue weighted by Gasteiger charge is -2.44. The molecule has 1 saturated heterocycles. The van der Waals surface area contributed by atoms with Gasteiger partial charge in [0.05, 0.1) is 12.1 Å². The van der Waals surface area contributed by atoms with Gasteiger partial charge in [0.1, 0.15) is 5.60 Å². The average Bonchev–Trinajstić information content (AvgIpc) is 2.74. The van der Waals surface area contributed by atoms with Crippen LogP contribution in [0.4, 0.5) is 4.79 Å². The normalized spacial score (nSPS) is 18.5. The summed E-state index contributed by atoms with van der Waals surface area (Å²) in [6.07, 6.45) is -0.395. The minimum atomic E-state index is -0.586. The highest BCUT2D eigenvalue weighted by Gasteiger charge is 2.38. The molecule has 1 aliphatic heterocycles. The van der Waals surface area contributed by atoms with Gasteiger partial charge in [0.25, 0.3) is 0 Å². The van der Waals surface area contributed by atoms with E-state index in [2.05, 4.69) is 34.3 Å². The Labute approximate surface area is 177 Å². The molecule has 0 radical (unpaired) electrons. The van der Waals surface area contributed by atoms with Gasteiger partial charge in [-0.15, -0.1) is 0 Å². The van der Waals surface area contributed by atoms with Crippen LogP contribution in [0.5, 0.6) is 0 Å². The van der Waals surface area contributed by atoms with Crippen LogP contribution in [0.2, 0.25) is 0 Å². The third-order valence-electron chi connectivity index (χ3n) is 5.09. The van der Waals surface area contributed by atoms with Crippen molar-refractivity contribution in [2.24, 2.45) is 10.9 Å². The number of nitrogens with zero attached hydrogens (tertiary/aromatic N) is 3. The Bertz CT molecular complexity index is 826. The second-order valence-electron chi connectivity index (χ2n) is 8.43. The van der Waals surface area contributed by atoms with Crippen LogP contribution in [-0.2, 0) is 4.74 Å². The van der Waals surface area contributed by atoms with E-state index in [-0.39, 0.29) is 18.4 Å². The molecule has 0 saturated carbocycles. The summed E-state index contributed by atoms with van der Waals surface area (Å²) in [5.74, 6) is 0.0696. The second kappa shape index (κ2) is 9.17. The molecule has 30 heavy (non-hydrogen) atoms. The van der Waals surface area contributed by atoms with Crippen molar-refractivity contribution in [3.63, 3.8) is 0 Å². The van der Waals surface area contributed by atoms with E-state index in [1.807, 2.05) is 57.2 Å². The summed E-state index contributed by atoms with van der Waals surface area (Å²) in [7, 11) is 0. The van der Waals surface area contributed by atoms with Crippen LogP contribution in [0.3, 0.4) is 0 Å². The Morgan fingerprint density at radius 3 is 2.07 bits per heavy atom. The third-order valence-corrected chi connectivity index (χ3v) is 5.09. The van der Waals surface area contributed by atoms with E-state index < -0.39 is 17.7 Å². The van der Waals surface area contributed by atoms with Gasteiger partial charge < -0.3 is 20.6 Å². The van der Waals surface area contributed by atoms with Crippen molar-refractivity contribution in [1.82, 2.24) is 9.80 Å². The molecule has 1 fully saturated rings. The highest BCUT2D eigenvalue weighted by Crippen LogP contribution is 2.32. The van der Waals surface area contributed by atoms with Crippen molar-refractivity contribution in [1.29, 1.82) is 0 Å². The molecule has 0 bridgehead atoms. The second-order valence-corrected chi connectivity index (χ2v) is 8.43. The lowest BCUT2D eigenvalue weighted by molar-refractivity contribution is 0.00625. The molecule has 160 valence electrons. The predicted molar refractivity (Wildman–Crippen MR) is 116 cm³/mol. The number of benzene rings is 2. The van der Waals surface area contributed by atoms with Crippen molar-refractivity contribution < 1.29 is 14.7 Å². The fourth-order valence-electron chi connectivity index (χ4n) is 3.77. The summed E-state index contributed by atoms with van der Waals surface area (Å²) >= 11 is 0. The first kappa shape index (κ1) is 21.6. The molecule has 0 aliphatic carbocycles. The molecule has 7 nitrogen and oxygen atoms in total. The van der Waals surface area contributed by atoms with Gasteiger partial charge in [0.15, 0.2) is 5.84 Å². The van der Waals surface area contributed by atoms with Crippen LogP contribution in [-0.4, -0.2) is 58.2 Å². The van der Waals surface area contributed by atoms with Gasteiger partial charge in [-0.25, -0.2) is 4.79 Å². The monoisotopic (exact) mass is 410 g/mol. The van der Waals surface area contributed by atoms with E-state index in [1.165, 1.54) is 0 Å². The van der Waals surface area contributed by atoms with Gasteiger partial charge in [0, 0.05) is 19.6 Å². The molecule has 3 N–H and O–H groups in total. The summed E-state index contributed by atoms with van der Waals surface area (Å²) in [6.45, 7) is 6.82. The Kier molecular flexibility index (Phi) is 6.62. The number of hydrogen-bond acceptors (Lipinski definition) is 5. The maximum atomic E-state index is 12.6. The van der Waals surface area contributed by atoms with Crippen molar-refractivity contribution in [2.75, 3.05) is 19.6 Å². The van der Waals surface area contributed by atoms with E-state index in [1.54, 1.807) is 4.90 Å². The molecule has 1 aliphatic rings. The zero-order chi connectivity index (χ0) is 21.7. The van der Waals surface area contributed by atoms with Crippen LogP contribution in [0, 0.1) is 0 Å². The van der Waals surface area contributed by atoms with E-state index in [0.29, 0.717) is 13.1 Å². The van der Waals surface area contributed by atoms with E-state index in [0.717, 1.165) is 11.1 Å². The number of ether oxygens (including phenoxy) is 1. The summed E-state index contributed by atoms with van der Waals surface area (Å²) in [5.41, 5.74) is 7.72. The first-order chi connectivity index (χ1) is 14.3. The number of piperazine rings is 1. The Hall–Kier alpha value is -3.06. The summed E-state index contributed by atoms with van der Waals surface area (Å²) < 4.78 is 5.53. The molecule has 3 rings (SSSR count). The topological polar surface area (TPSA) is 91.4 Å². The first-order valence-electron chi connectivity index (χ1n) is 10.1. The van der Waals surface area contributed by atoms with Gasteiger partial charge >= 0.3 is 6.09 Å². The smallest absolute Gasteiger partial charge is 0.410 e. The Balaban J connectivity index is 1.94. The number of carbonyl (C=O) groups excluding carboxylic acids is 1. The number of amidine groups is 1. The standard InChI is InChI=1S/C23H30N4O3/c1-23(2,3)30-22(28)26-14-15-27(19(16-26)21(24)25-29)20(17-10-6-4-7-11-17)18-12-8-5-9-13-18/h4-13,19-20,29H,14-16H2,1-3H3,(H2,24,25)/t19-/m1/s1. The summed E-state index contributed by atoms with van der Waals surface area (Å²) in [6, 6.07) is 19.7. The van der Waals surface area contributed by atoms with Crippen molar-refractivity contribution >= 4 is 11.9 Å². The quantitative estimate of drug-likeness (QED) is 0.349. The molecule has 1 amide bonds. The lowest BCUT2D eigenvalue weighted by atomic mass is 9.94. The van der Waals surface area contributed by atoms with Crippen molar-refractivity contribution in [3.8, 4) is 0 Å². The number of rotatable bonds is 4. The lowest BCUT2D eigenvalue weighted by Crippen LogP contribution is -2.60. The molecule has 7 heteroatoms. The molecule has 1 atom stereocenters. The summed E-state index contributed by atoms with van der Waals surface area (Å²) in [5, 5.41) is 12.7. The van der Waals surface area contributed by atoms with Gasteiger partial charge in [-0.1, -0.05) is 65.8 Å². The Morgan fingerprint density at radius 1 is 1.07 bits per heavy atom. The van der Waals surface area contributed by atoms with Crippen molar-refractivity contribution in [3.05, 3.63) is 71.8 Å². The molecular formula is C23H30N4O3. The number of carbonyl (C=O) groups is 1. The van der Waals surface area contributed by atoms with Crippen LogP contribution >= 0.6 is 0 Å². The maximum absolute atomic E-state index is 12.6. The fraction of sp³-hybridized carbons (Fsp3) is 0.391. The maximum Gasteiger partial charge on any atom is 0.410 e. The van der Waals surface area contributed by atoms with E-state index >= 15 is 0 Å². The van der Waals surface area contributed by atoms with Crippen LogP contribution < -0.4 is 5.73 Å². The minimum absolute atomic E-state index is 0.0696. The fourth-order valence-corrected chi connectivity index (χ4v) is 3.77. The third kappa shape index (κ3) is 5.10. The van der Waals surface area contributed by atoms with Gasteiger partial charge in [0.2, 0.25) is 0 Å². The Morgan fingerprint density at radius 2 is 1.60 bits per heavy atom. The van der Waals surface area contributed by atoms with Crippen LogP contribution in [0.1, 0.15) is 37.9 Å². The van der Waals surface area contributed by atoms with Crippen molar-refractivity contribution in [2.45, 2.75) is 38.5 Å².